The van der Waals surface area contributed by atoms with Crippen LogP contribution in [0.25, 0.3) is 11.0 Å². The van der Waals surface area contributed by atoms with Gasteiger partial charge in [0, 0.05) is 25.8 Å². The van der Waals surface area contributed by atoms with Crippen LogP contribution in [0.1, 0.15) is 12.5 Å². The second-order valence-corrected chi connectivity index (χ2v) is 6.11. The Hall–Kier alpha value is -2.60. The van der Waals surface area contributed by atoms with Gasteiger partial charge in [0.25, 0.3) is 0 Å². The Morgan fingerprint density at radius 1 is 1.33 bits per heavy atom. The number of pyridine rings is 1. The average molecular weight is 323 g/mol. The van der Waals surface area contributed by atoms with E-state index in [-0.39, 0.29) is 6.10 Å². The fraction of sp³-hybridized carbons (Fsp3) is 0.333. The number of hydrogen-bond donors (Lipinski definition) is 2. The maximum absolute atomic E-state index is 5.60. The number of morpholine rings is 1. The number of imidazole rings is 1. The highest BCUT2D eigenvalue weighted by molar-refractivity contribution is 5.77. The molecular weight excluding hydrogens is 302 g/mol. The van der Waals surface area contributed by atoms with Crippen LogP contribution in [0.15, 0.2) is 42.6 Å². The molecule has 1 saturated heterocycles. The van der Waals surface area contributed by atoms with E-state index in [9.17, 15) is 0 Å². The second-order valence-electron chi connectivity index (χ2n) is 6.11. The SMILES string of the molecule is CC1CN(c2cc(CNc3nc4ccccc4[nH]3)ccn2)CCO1. The highest BCUT2D eigenvalue weighted by Crippen LogP contribution is 2.18. The highest BCUT2D eigenvalue weighted by atomic mass is 16.5. The van der Waals surface area contributed by atoms with E-state index in [0.29, 0.717) is 6.54 Å². The molecule has 1 unspecified atom stereocenters. The van der Waals surface area contributed by atoms with Crippen molar-refractivity contribution in [2.45, 2.75) is 19.6 Å². The summed E-state index contributed by atoms with van der Waals surface area (Å²) < 4.78 is 5.60. The molecule has 0 radical (unpaired) electrons. The molecule has 0 amide bonds. The first kappa shape index (κ1) is 15.0. The van der Waals surface area contributed by atoms with Crippen molar-refractivity contribution >= 4 is 22.8 Å². The topological polar surface area (TPSA) is 66.1 Å². The number of nitrogens with zero attached hydrogens (tertiary/aromatic N) is 3. The summed E-state index contributed by atoms with van der Waals surface area (Å²) in [6, 6.07) is 12.2. The number of aromatic amines is 1. The van der Waals surface area contributed by atoms with E-state index in [1.54, 1.807) is 0 Å². The largest absolute Gasteiger partial charge is 0.375 e. The molecule has 3 aromatic rings. The van der Waals surface area contributed by atoms with Crippen molar-refractivity contribution in [2.24, 2.45) is 0 Å². The molecule has 0 spiro atoms. The molecule has 2 N–H and O–H groups in total. The van der Waals surface area contributed by atoms with Crippen LogP contribution >= 0.6 is 0 Å². The number of para-hydroxylation sites is 2. The molecule has 24 heavy (non-hydrogen) atoms. The summed E-state index contributed by atoms with van der Waals surface area (Å²) in [6.07, 6.45) is 2.11. The van der Waals surface area contributed by atoms with Gasteiger partial charge in [-0.15, -0.1) is 0 Å². The Kier molecular flexibility index (Phi) is 4.04. The van der Waals surface area contributed by atoms with Crippen LogP contribution in [-0.2, 0) is 11.3 Å². The lowest BCUT2D eigenvalue weighted by Crippen LogP contribution is -2.41. The molecule has 6 heteroatoms. The average Bonchev–Trinajstić information content (AvgIpc) is 3.03. The normalized spacial score (nSPS) is 18.0. The van der Waals surface area contributed by atoms with Crippen LogP contribution in [0.3, 0.4) is 0 Å². The van der Waals surface area contributed by atoms with E-state index in [2.05, 4.69) is 38.2 Å². The van der Waals surface area contributed by atoms with E-state index in [0.717, 1.165) is 42.5 Å². The van der Waals surface area contributed by atoms with Gasteiger partial charge >= 0.3 is 0 Å². The Balaban J connectivity index is 1.45. The third-order valence-corrected chi connectivity index (χ3v) is 4.22. The van der Waals surface area contributed by atoms with Gasteiger partial charge in [-0.3, -0.25) is 0 Å². The number of aromatic nitrogens is 3. The third-order valence-electron chi connectivity index (χ3n) is 4.22. The fourth-order valence-corrected chi connectivity index (χ4v) is 2.99. The lowest BCUT2D eigenvalue weighted by atomic mass is 10.2. The zero-order valence-electron chi connectivity index (χ0n) is 13.7. The number of nitrogens with one attached hydrogen (secondary N) is 2. The molecular formula is C18H21N5O. The Morgan fingerprint density at radius 2 is 2.25 bits per heavy atom. The van der Waals surface area contributed by atoms with E-state index in [4.69, 9.17) is 4.74 Å². The quantitative estimate of drug-likeness (QED) is 0.773. The molecule has 4 rings (SSSR count). The zero-order valence-corrected chi connectivity index (χ0v) is 13.7. The number of ether oxygens (including phenoxy) is 1. The van der Waals surface area contributed by atoms with Crippen molar-refractivity contribution in [1.82, 2.24) is 15.0 Å². The van der Waals surface area contributed by atoms with Crippen LogP contribution in [0.4, 0.5) is 11.8 Å². The standard InChI is InChI=1S/C18H21N5O/c1-13-12-23(8-9-24-13)17-10-14(6-7-19-17)11-20-18-21-15-4-2-3-5-16(15)22-18/h2-7,10,13H,8-9,11-12H2,1H3,(H2,20,21,22). The van der Waals surface area contributed by atoms with Crippen LogP contribution < -0.4 is 10.2 Å². The smallest absolute Gasteiger partial charge is 0.201 e. The maximum atomic E-state index is 5.60. The van der Waals surface area contributed by atoms with E-state index >= 15 is 0 Å². The maximum Gasteiger partial charge on any atom is 0.201 e. The monoisotopic (exact) mass is 323 g/mol. The van der Waals surface area contributed by atoms with Crippen molar-refractivity contribution in [3.63, 3.8) is 0 Å². The minimum atomic E-state index is 0.248. The number of hydrogen-bond acceptors (Lipinski definition) is 5. The molecule has 1 aromatic carbocycles. The zero-order chi connectivity index (χ0) is 16.4. The summed E-state index contributed by atoms with van der Waals surface area (Å²) in [7, 11) is 0. The molecule has 1 aliphatic heterocycles. The molecule has 124 valence electrons. The van der Waals surface area contributed by atoms with Gasteiger partial charge in [0.15, 0.2) is 0 Å². The van der Waals surface area contributed by atoms with E-state index in [1.165, 1.54) is 5.56 Å². The van der Waals surface area contributed by atoms with Gasteiger partial charge in [-0.1, -0.05) is 12.1 Å². The fourth-order valence-electron chi connectivity index (χ4n) is 2.99. The molecule has 6 nitrogen and oxygen atoms in total. The van der Waals surface area contributed by atoms with Gasteiger partial charge in [-0.05, 0) is 36.8 Å². The Bertz CT molecular complexity index is 798. The molecule has 1 fully saturated rings. The number of rotatable bonds is 4. The third kappa shape index (κ3) is 3.19. The first-order valence-electron chi connectivity index (χ1n) is 8.28. The van der Waals surface area contributed by atoms with Crippen molar-refractivity contribution in [2.75, 3.05) is 29.9 Å². The van der Waals surface area contributed by atoms with E-state index in [1.807, 2.05) is 36.5 Å². The number of H-pyrrole nitrogens is 1. The summed E-state index contributed by atoms with van der Waals surface area (Å²) in [4.78, 5) is 14.6. The summed E-state index contributed by atoms with van der Waals surface area (Å²) in [5.41, 5.74) is 3.19. The van der Waals surface area contributed by atoms with E-state index < -0.39 is 0 Å². The Morgan fingerprint density at radius 3 is 3.12 bits per heavy atom. The van der Waals surface area contributed by atoms with Gasteiger partial charge in [-0.2, -0.15) is 0 Å². The summed E-state index contributed by atoms with van der Waals surface area (Å²) in [5.74, 6) is 1.80. The number of fused-ring (bicyclic) bond motifs is 1. The molecule has 0 saturated carbocycles. The van der Waals surface area contributed by atoms with Crippen LogP contribution in [0.5, 0.6) is 0 Å². The lowest BCUT2D eigenvalue weighted by Gasteiger charge is -2.32. The predicted octanol–water partition coefficient (Wildman–Crippen LogP) is 2.80. The second kappa shape index (κ2) is 6.49. The van der Waals surface area contributed by atoms with Gasteiger partial charge in [0.2, 0.25) is 5.95 Å². The molecule has 1 aliphatic rings. The number of anilines is 2. The van der Waals surface area contributed by atoms with Crippen LogP contribution in [0.2, 0.25) is 0 Å². The predicted molar refractivity (Wildman–Crippen MR) is 95.3 cm³/mol. The lowest BCUT2D eigenvalue weighted by molar-refractivity contribution is 0.0529. The molecule has 0 bridgehead atoms. The van der Waals surface area contributed by atoms with Gasteiger partial charge in [-0.25, -0.2) is 9.97 Å². The number of benzene rings is 1. The summed E-state index contributed by atoms with van der Waals surface area (Å²) in [6.45, 7) is 5.32. The van der Waals surface area contributed by atoms with Gasteiger partial charge in [0.1, 0.15) is 5.82 Å². The molecule has 3 heterocycles. The highest BCUT2D eigenvalue weighted by Gasteiger charge is 2.18. The molecule has 0 aliphatic carbocycles. The Labute approximate surface area is 140 Å². The minimum Gasteiger partial charge on any atom is -0.375 e. The van der Waals surface area contributed by atoms with Gasteiger partial charge < -0.3 is 19.9 Å². The van der Waals surface area contributed by atoms with Crippen molar-refractivity contribution in [3.05, 3.63) is 48.2 Å². The first-order valence-corrected chi connectivity index (χ1v) is 8.28. The van der Waals surface area contributed by atoms with Crippen molar-refractivity contribution in [3.8, 4) is 0 Å². The van der Waals surface area contributed by atoms with Gasteiger partial charge in [0.05, 0.1) is 23.7 Å². The molecule has 2 aromatic heterocycles. The molecule has 1 atom stereocenters. The van der Waals surface area contributed by atoms with Crippen molar-refractivity contribution in [1.29, 1.82) is 0 Å². The first-order chi connectivity index (χ1) is 11.8. The van der Waals surface area contributed by atoms with Crippen molar-refractivity contribution < 1.29 is 4.74 Å². The summed E-state index contributed by atoms with van der Waals surface area (Å²) >= 11 is 0. The minimum absolute atomic E-state index is 0.248. The van der Waals surface area contributed by atoms with Crippen LogP contribution in [-0.4, -0.2) is 40.8 Å². The summed E-state index contributed by atoms with van der Waals surface area (Å²) in [5, 5.41) is 3.35. The van der Waals surface area contributed by atoms with Crippen LogP contribution in [0, 0.1) is 0 Å².